The van der Waals surface area contributed by atoms with Crippen LogP contribution in [0.1, 0.15) is 39.0 Å². The molecule has 9 nitrogen and oxygen atoms in total. The molecule has 3 aliphatic rings. The Morgan fingerprint density at radius 3 is 2.24 bits per heavy atom. The zero-order chi connectivity index (χ0) is 25.7. The number of phenolic OH excluding ortho intramolecular Hbond substituents is 1. The van der Waals surface area contributed by atoms with E-state index in [1.165, 1.54) is 14.2 Å². The predicted molar refractivity (Wildman–Crippen MR) is 130 cm³/mol. The molecule has 2 aliphatic heterocycles. The van der Waals surface area contributed by atoms with E-state index < -0.39 is 17.9 Å². The van der Waals surface area contributed by atoms with E-state index >= 15 is 0 Å². The maximum absolute atomic E-state index is 13.2. The van der Waals surface area contributed by atoms with Gasteiger partial charge < -0.3 is 34.1 Å². The van der Waals surface area contributed by atoms with E-state index in [0.717, 1.165) is 11.1 Å². The van der Waals surface area contributed by atoms with Crippen LogP contribution in [0, 0.1) is 11.8 Å². The lowest BCUT2D eigenvalue weighted by molar-refractivity contribution is -0.141. The van der Waals surface area contributed by atoms with Crippen molar-refractivity contribution in [1.82, 2.24) is 5.32 Å². The number of carbonyl (C=O) groups excluding carboxylic acids is 2. The molecular formula is C28H25NO8. The van der Waals surface area contributed by atoms with E-state index in [2.05, 4.69) is 5.32 Å². The van der Waals surface area contributed by atoms with Crippen molar-refractivity contribution in [3.8, 4) is 28.7 Å². The van der Waals surface area contributed by atoms with Gasteiger partial charge in [-0.2, -0.15) is 0 Å². The van der Waals surface area contributed by atoms with Gasteiger partial charge in [0.1, 0.15) is 0 Å². The van der Waals surface area contributed by atoms with Crippen molar-refractivity contribution >= 4 is 11.9 Å². The van der Waals surface area contributed by atoms with Gasteiger partial charge in [0.15, 0.2) is 23.0 Å². The van der Waals surface area contributed by atoms with Crippen molar-refractivity contribution in [3.05, 3.63) is 76.9 Å². The van der Waals surface area contributed by atoms with Crippen LogP contribution in [0.5, 0.6) is 28.7 Å². The molecule has 190 valence electrons. The van der Waals surface area contributed by atoms with Gasteiger partial charge in [0.25, 0.3) is 5.91 Å². The summed E-state index contributed by atoms with van der Waals surface area (Å²) < 4.78 is 27.7. The number of nitrogens with one attached hydrogen (secondary N) is 1. The van der Waals surface area contributed by atoms with Crippen LogP contribution in [-0.2, 0) is 9.53 Å². The van der Waals surface area contributed by atoms with E-state index in [9.17, 15) is 14.7 Å². The Hall–Kier alpha value is -4.40. The van der Waals surface area contributed by atoms with Crippen molar-refractivity contribution in [2.75, 3.05) is 27.6 Å². The molecule has 3 aromatic carbocycles. The molecule has 0 aromatic heterocycles. The summed E-state index contributed by atoms with van der Waals surface area (Å²) in [5.74, 6) is -0.593. The van der Waals surface area contributed by atoms with E-state index in [0.29, 0.717) is 22.6 Å². The quantitative estimate of drug-likeness (QED) is 0.509. The molecule has 2 N–H and O–H groups in total. The molecule has 0 bridgehead atoms. The molecule has 1 fully saturated rings. The number of fused-ring (bicyclic) bond motifs is 3. The fourth-order valence-electron chi connectivity index (χ4n) is 5.66. The van der Waals surface area contributed by atoms with Gasteiger partial charge in [0.2, 0.25) is 12.5 Å². The lowest BCUT2D eigenvalue weighted by Gasteiger charge is -2.39. The Morgan fingerprint density at radius 1 is 0.946 bits per heavy atom. The molecule has 1 aliphatic carbocycles. The zero-order valence-corrected chi connectivity index (χ0v) is 20.2. The fourth-order valence-corrected chi connectivity index (χ4v) is 5.66. The molecular weight excluding hydrogens is 478 g/mol. The number of phenols is 1. The van der Waals surface area contributed by atoms with Crippen LogP contribution < -0.4 is 24.3 Å². The minimum atomic E-state index is -0.604. The third-order valence-electron chi connectivity index (χ3n) is 7.37. The first-order chi connectivity index (χ1) is 18.0. The molecule has 0 unspecified atom stereocenters. The molecule has 3 aromatic rings. The van der Waals surface area contributed by atoms with Gasteiger partial charge in [0.05, 0.1) is 32.8 Å². The van der Waals surface area contributed by atoms with Gasteiger partial charge in [0, 0.05) is 17.4 Å². The molecule has 1 amide bonds. The summed E-state index contributed by atoms with van der Waals surface area (Å²) in [6, 6.07) is 15.5. The number of amides is 1. The lowest BCUT2D eigenvalue weighted by Crippen LogP contribution is -2.42. The van der Waals surface area contributed by atoms with E-state index in [-0.39, 0.29) is 48.4 Å². The summed E-state index contributed by atoms with van der Waals surface area (Å²) in [7, 11) is 2.90. The zero-order valence-electron chi connectivity index (χ0n) is 20.2. The normalized spacial score (nSPS) is 23.0. The van der Waals surface area contributed by atoms with Gasteiger partial charge in [-0.25, -0.2) is 0 Å². The van der Waals surface area contributed by atoms with Crippen molar-refractivity contribution in [2.24, 2.45) is 11.8 Å². The SMILES string of the molecule is COc1cc([C@@H]2c3cc4c(cc3[C@@H](NC(=O)c3ccccc3)[C@H]3COC(=O)[C@H]23)OCO4)cc(OC)c1O. The lowest BCUT2D eigenvalue weighted by atomic mass is 9.65. The molecule has 1 saturated heterocycles. The number of hydrogen-bond donors (Lipinski definition) is 2. The van der Waals surface area contributed by atoms with Crippen LogP contribution >= 0.6 is 0 Å². The Labute approximate surface area is 212 Å². The Bertz CT molecular complexity index is 1360. The van der Waals surface area contributed by atoms with Crippen molar-refractivity contribution < 1.29 is 38.4 Å². The Morgan fingerprint density at radius 2 is 1.59 bits per heavy atom. The summed E-state index contributed by atoms with van der Waals surface area (Å²) in [4.78, 5) is 26.4. The summed E-state index contributed by atoms with van der Waals surface area (Å²) >= 11 is 0. The fraction of sp³-hybridized carbons (Fsp3) is 0.286. The summed E-state index contributed by atoms with van der Waals surface area (Å²) in [6.45, 7) is 0.236. The second-order valence-electron chi connectivity index (χ2n) is 9.22. The first-order valence-electron chi connectivity index (χ1n) is 11.9. The molecule has 4 atom stereocenters. The van der Waals surface area contributed by atoms with Gasteiger partial charge in [-0.05, 0) is 53.1 Å². The highest BCUT2D eigenvalue weighted by Crippen LogP contribution is 2.55. The molecule has 0 radical (unpaired) electrons. The number of methoxy groups -OCH3 is 2. The average Bonchev–Trinajstić information content (AvgIpc) is 3.54. The molecule has 2 heterocycles. The van der Waals surface area contributed by atoms with Crippen molar-refractivity contribution in [2.45, 2.75) is 12.0 Å². The topological polar surface area (TPSA) is 113 Å². The second kappa shape index (κ2) is 8.92. The number of aromatic hydroxyl groups is 1. The molecule has 0 saturated carbocycles. The van der Waals surface area contributed by atoms with Crippen LogP contribution in [0.2, 0.25) is 0 Å². The largest absolute Gasteiger partial charge is 0.502 e. The van der Waals surface area contributed by atoms with Crippen molar-refractivity contribution in [3.63, 3.8) is 0 Å². The first kappa shape index (κ1) is 23.0. The summed E-state index contributed by atoms with van der Waals surface area (Å²) in [5.41, 5.74) is 2.82. The highest BCUT2D eigenvalue weighted by atomic mass is 16.7. The highest BCUT2D eigenvalue weighted by molar-refractivity contribution is 5.94. The molecule has 6 rings (SSSR count). The third kappa shape index (κ3) is 3.69. The number of ether oxygens (including phenoxy) is 5. The smallest absolute Gasteiger partial charge is 0.310 e. The number of carbonyl (C=O) groups is 2. The second-order valence-corrected chi connectivity index (χ2v) is 9.22. The van der Waals surface area contributed by atoms with Crippen LogP contribution in [0.25, 0.3) is 0 Å². The van der Waals surface area contributed by atoms with Crippen LogP contribution in [0.3, 0.4) is 0 Å². The van der Waals surface area contributed by atoms with E-state index in [1.54, 1.807) is 36.4 Å². The van der Waals surface area contributed by atoms with Crippen LogP contribution in [0.4, 0.5) is 0 Å². The summed E-state index contributed by atoms with van der Waals surface area (Å²) in [6.07, 6.45) is 0. The Balaban J connectivity index is 1.53. The van der Waals surface area contributed by atoms with Crippen molar-refractivity contribution in [1.29, 1.82) is 0 Å². The average molecular weight is 504 g/mol. The Kier molecular flexibility index (Phi) is 5.55. The van der Waals surface area contributed by atoms with Gasteiger partial charge >= 0.3 is 5.97 Å². The van der Waals surface area contributed by atoms with Gasteiger partial charge in [-0.15, -0.1) is 0 Å². The van der Waals surface area contributed by atoms with Gasteiger partial charge in [-0.3, -0.25) is 9.59 Å². The molecule has 0 spiro atoms. The van der Waals surface area contributed by atoms with Crippen LogP contribution in [0.15, 0.2) is 54.6 Å². The number of esters is 1. The minimum absolute atomic E-state index is 0.0830. The first-order valence-corrected chi connectivity index (χ1v) is 11.9. The van der Waals surface area contributed by atoms with E-state index in [1.807, 2.05) is 18.2 Å². The number of cyclic esters (lactones) is 1. The standard InChI is InChI=1S/C28H25NO8/c1-33-21-8-15(9-22(34-2)26(21)30)23-16-10-19-20(37-13-36-19)11-17(16)25(18-12-35-28(32)24(18)23)29-27(31)14-6-4-3-5-7-14/h3-11,18,23-25,30H,12-13H2,1-2H3,(H,29,31)/t18-,23+,24-,25+/m0/s1. The maximum atomic E-state index is 13.2. The maximum Gasteiger partial charge on any atom is 0.310 e. The van der Waals surface area contributed by atoms with E-state index in [4.69, 9.17) is 23.7 Å². The monoisotopic (exact) mass is 503 g/mol. The molecule has 37 heavy (non-hydrogen) atoms. The number of benzene rings is 3. The molecule has 9 heteroatoms. The third-order valence-corrected chi connectivity index (χ3v) is 7.37. The highest BCUT2D eigenvalue weighted by Gasteiger charge is 2.53. The predicted octanol–water partition coefficient (Wildman–Crippen LogP) is 3.54. The van der Waals surface area contributed by atoms with Crippen LogP contribution in [-0.4, -0.2) is 44.6 Å². The number of hydrogen-bond acceptors (Lipinski definition) is 8. The van der Waals surface area contributed by atoms with Gasteiger partial charge in [-0.1, -0.05) is 18.2 Å². The number of rotatable bonds is 5. The summed E-state index contributed by atoms with van der Waals surface area (Å²) in [5, 5.41) is 13.6. The minimum Gasteiger partial charge on any atom is -0.502 e.